The van der Waals surface area contributed by atoms with Gasteiger partial charge in [0.1, 0.15) is 28.7 Å². The van der Waals surface area contributed by atoms with Crippen LogP contribution in [0, 0.1) is 23.6 Å². The number of aliphatic hydroxyl groups is 3. The number of carbonyl (C=O) groups excluding carboxylic acids is 3. The van der Waals surface area contributed by atoms with E-state index in [1.165, 1.54) is 17.0 Å². The van der Waals surface area contributed by atoms with E-state index in [-0.39, 0.29) is 16.9 Å². The largest absolute Gasteiger partial charge is 0.510 e. The highest BCUT2D eigenvalue weighted by molar-refractivity contribution is 6.28. The van der Waals surface area contributed by atoms with Crippen molar-refractivity contribution >= 4 is 35.4 Å². The third-order valence-corrected chi connectivity index (χ3v) is 8.35. The Bertz CT molecular complexity index is 1540. The topological polar surface area (TPSA) is 161 Å². The molecule has 0 spiro atoms. The minimum atomic E-state index is -1.58. The number of phenolic OH excluding ortho intramolecular Hbond substituents is 1. The van der Waals surface area contributed by atoms with Gasteiger partial charge in [-0.3, -0.25) is 19.3 Å². The van der Waals surface area contributed by atoms with E-state index < -0.39 is 76.2 Å². The number of nitrogens with zero attached hydrogens (tertiary/aromatic N) is 1. The highest BCUT2D eigenvalue weighted by Gasteiger charge is 2.60. The van der Waals surface area contributed by atoms with E-state index in [4.69, 9.17) is 5.73 Å². The molecule has 0 aliphatic heterocycles. The third-order valence-electron chi connectivity index (χ3n) is 8.35. The van der Waals surface area contributed by atoms with Crippen molar-refractivity contribution in [3.8, 4) is 5.75 Å². The Morgan fingerprint density at radius 1 is 1.00 bits per heavy atom. The number of benzene rings is 2. The van der Waals surface area contributed by atoms with Crippen LogP contribution >= 0.6 is 0 Å². The van der Waals surface area contributed by atoms with Gasteiger partial charge in [0.2, 0.25) is 0 Å². The normalized spacial score (nSPS) is 28.1. The molecular weight excluding hydrogens is 519 g/mol. The van der Waals surface area contributed by atoms with Gasteiger partial charge < -0.3 is 26.2 Å². The molecule has 0 aromatic heterocycles. The van der Waals surface area contributed by atoms with Crippen LogP contribution in [-0.4, -0.2) is 69.0 Å². The van der Waals surface area contributed by atoms with E-state index in [9.17, 15) is 39.2 Å². The zero-order valence-corrected chi connectivity index (χ0v) is 22.0. The molecule has 3 unspecified atom stereocenters. The van der Waals surface area contributed by atoms with Gasteiger partial charge in [-0.15, -0.1) is 0 Å². The Labute approximate surface area is 229 Å². The number of rotatable bonds is 4. The van der Waals surface area contributed by atoms with Crippen molar-refractivity contribution in [3.05, 3.63) is 81.4 Å². The molecule has 6 N–H and O–H groups in total. The molecule has 3 aliphatic rings. The van der Waals surface area contributed by atoms with E-state index in [0.717, 1.165) is 0 Å². The Morgan fingerprint density at radius 2 is 1.65 bits per heavy atom. The molecule has 10 heteroatoms. The Kier molecular flexibility index (Phi) is 6.63. The maximum absolute atomic E-state index is 13.9. The maximum Gasteiger partial charge on any atom is 0.255 e. The minimum Gasteiger partial charge on any atom is -0.510 e. The van der Waals surface area contributed by atoms with Crippen LogP contribution < -0.4 is 5.73 Å². The van der Waals surface area contributed by atoms with Gasteiger partial charge in [-0.1, -0.05) is 43.3 Å². The average Bonchev–Trinajstić information content (AvgIpc) is 2.88. The lowest BCUT2D eigenvalue weighted by Gasteiger charge is -2.50. The summed E-state index contributed by atoms with van der Waals surface area (Å²) in [7, 11) is 3.15. The van der Waals surface area contributed by atoms with Crippen molar-refractivity contribution < 1.29 is 39.2 Å². The molecule has 0 radical (unpaired) electrons. The van der Waals surface area contributed by atoms with Gasteiger partial charge in [-0.25, -0.2) is 4.39 Å². The number of hydrogen-bond acceptors (Lipinski definition) is 8. The fraction of sp³-hybridized carbons (Fsp3) is 0.300. The second-order valence-corrected chi connectivity index (χ2v) is 10.7. The van der Waals surface area contributed by atoms with Crippen LogP contribution in [0.25, 0.3) is 17.9 Å². The van der Waals surface area contributed by atoms with E-state index in [1.807, 2.05) is 0 Å². The minimum absolute atomic E-state index is 0.0000573. The quantitative estimate of drug-likeness (QED) is 0.221. The lowest BCUT2D eigenvalue weighted by Crippen LogP contribution is -2.61. The number of aromatic hydroxyl groups is 1. The standard InChI is InChI=1S/C30H29FN2O7/c1-12-16-11-8-14(7-4-13-5-9-15(31)10-6-13)24(34)18(16)26(36)20-17(12)25(35)19-21(27(20)37)28(38)22(30(32)40)29(39)23(19)33(2)3/h4-12,17,19,21,23,25,34-36,39H,1-3H3,(H2,32,40)/b7-4+/t12-,17?,19?,21?,23-,25-/m0/s1. The van der Waals surface area contributed by atoms with Crippen LogP contribution in [-0.2, 0) is 14.4 Å². The first-order valence-corrected chi connectivity index (χ1v) is 12.8. The fourth-order valence-corrected chi connectivity index (χ4v) is 6.52. The van der Waals surface area contributed by atoms with Crippen molar-refractivity contribution in [2.24, 2.45) is 23.5 Å². The SMILES string of the molecule is C[C@H]1c2ccc(/C=C/c3ccc(F)cc3)c(O)c2C(O)=C2C(=O)C3C(=O)C(C(N)=O)=C(O)[C@@H](N(C)C)C3[C@@H](O)C21. The molecule has 40 heavy (non-hydrogen) atoms. The summed E-state index contributed by atoms with van der Waals surface area (Å²) in [5, 5.41) is 45.1. The van der Waals surface area contributed by atoms with Crippen molar-refractivity contribution in [2.45, 2.75) is 25.0 Å². The van der Waals surface area contributed by atoms with Crippen LogP contribution in [0.2, 0.25) is 0 Å². The summed E-state index contributed by atoms with van der Waals surface area (Å²) in [5.74, 6) is -9.13. The predicted molar refractivity (Wildman–Crippen MR) is 144 cm³/mol. The molecule has 1 amide bonds. The molecule has 0 bridgehead atoms. The number of ketones is 2. The second kappa shape index (κ2) is 9.72. The lowest BCUT2D eigenvalue weighted by atomic mass is 9.56. The van der Waals surface area contributed by atoms with Gasteiger partial charge in [-0.05, 0) is 43.3 Å². The monoisotopic (exact) mass is 548 g/mol. The number of aliphatic hydroxyl groups excluding tert-OH is 3. The highest BCUT2D eigenvalue weighted by Crippen LogP contribution is 2.54. The zero-order chi connectivity index (χ0) is 29.2. The van der Waals surface area contributed by atoms with Gasteiger partial charge in [0, 0.05) is 23.0 Å². The Morgan fingerprint density at radius 3 is 2.25 bits per heavy atom. The molecule has 0 heterocycles. The molecule has 2 aromatic carbocycles. The number of phenols is 1. The average molecular weight is 549 g/mol. The number of hydrogen-bond donors (Lipinski definition) is 5. The number of halogens is 1. The molecule has 1 fully saturated rings. The van der Waals surface area contributed by atoms with E-state index >= 15 is 0 Å². The van der Waals surface area contributed by atoms with Crippen molar-refractivity contribution in [1.82, 2.24) is 4.90 Å². The van der Waals surface area contributed by atoms with Crippen molar-refractivity contribution in [3.63, 3.8) is 0 Å². The van der Waals surface area contributed by atoms with Crippen LogP contribution in [0.3, 0.4) is 0 Å². The molecule has 9 nitrogen and oxygen atoms in total. The van der Waals surface area contributed by atoms with Gasteiger partial charge in [-0.2, -0.15) is 0 Å². The summed E-state index contributed by atoms with van der Waals surface area (Å²) < 4.78 is 13.2. The summed E-state index contributed by atoms with van der Waals surface area (Å²) in [6, 6.07) is 7.95. The van der Waals surface area contributed by atoms with E-state index in [2.05, 4.69) is 0 Å². The van der Waals surface area contributed by atoms with Gasteiger partial charge in [0.25, 0.3) is 5.91 Å². The van der Waals surface area contributed by atoms with Crippen LogP contribution in [0.15, 0.2) is 53.3 Å². The van der Waals surface area contributed by atoms with Gasteiger partial charge >= 0.3 is 0 Å². The van der Waals surface area contributed by atoms with Crippen LogP contribution in [0.1, 0.15) is 35.1 Å². The number of primary amides is 1. The number of amides is 1. The molecule has 0 saturated heterocycles. The molecular formula is C30H29FN2O7. The molecule has 2 aromatic rings. The predicted octanol–water partition coefficient (Wildman–Crippen LogP) is 2.69. The Balaban J connectivity index is 1.65. The maximum atomic E-state index is 13.9. The molecule has 1 saturated carbocycles. The highest BCUT2D eigenvalue weighted by atomic mass is 19.1. The van der Waals surface area contributed by atoms with Crippen molar-refractivity contribution in [1.29, 1.82) is 0 Å². The first-order valence-electron chi connectivity index (χ1n) is 12.8. The fourth-order valence-electron chi connectivity index (χ4n) is 6.52. The Hall–Kier alpha value is -4.28. The number of likely N-dealkylation sites (N-methyl/N-ethyl adjacent to an activating group) is 1. The van der Waals surface area contributed by atoms with Crippen LogP contribution in [0.4, 0.5) is 4.39 Å². The summed E-state index contributed by atoms with van der Waals surface area (Å²) in [6.45, 7) is 1.74. The number of carbonyl (C=O) groups is 3. The zero-order valence-electron chi connectivity index (χ0n) is 22.0. The molecule has 208 valence electrons. The molecule has 5 rings (SSSR count). The van der Waals surface area contributed by atoms with E-state index in [1.54, 1.807) is 57.4 Å². The molecule has 3 aliphatic carbocycles. The second-order valence-electron chi connectivity index (χ2n) is 10.7. The van der Waals surface area contributed by atoms with Crippen molar-refractivity contribution in [2.75, 3.05) is 14.1 Å². The third kappa shape index (κ3) is 3.94. The summed E-state index contributed by atoms with van der Waals surface area (Å²) in [4.78, 5) is 40.9. The van der Waals surface area contributed by atoms with Gasteiger partial charge in [0.05, 0.1) is 23.6 Å². The smallest absolute Gasteiger partial charge is 0.255 e. The number of nitrogens with two attached hydrogens (primary N) is 1. The first kappa shape index (κ1) is 27.3. The lowest BCUT2D eigenvalue weighted by molar-refractivity contribution is -0.143. The summed E-state index contributed by atoms with van der Waals surface area (Å²) in [5.41, 5.74) is 5.91. The molecule has 6 atom stereocenters. The van der Waals surface area contributed by atoms with Gasteiger partial charge in [0.15, 0.2) is 11.6 Å². The number of fused-ring (bicyclic) bond motifs is 3. The number of Topliss-reactive ketones (excluding diaryl/α,β-unsaturated/α-hetero) is 2. The van der Waals surface area contributed by atoms with Crippen LogP contribution in [0.5, 0.6) is 5.75 Å². The summed E-state index contributed by atoms with van der Waals surface area (Å²) in [6.07, 6.45) is 1.84. The van der Waals surface area contributed by atoms with E-state index in [0.29, 0.717) is 16.7 Å². The summed E-state index contributed by atoms with van der Waals surface area (Å²) >= 11 is 0. The first-order chi connectivity index (χ1) is 18.9.